The maximum Gasteiger partial charge on any atom is 0.173 e. The van der Waals surface area contributed by atoms with E-state index in [0.717, 1.165) is 0 Å². The summed E-state index contributed by atoms with van der Waals surface area (Å²) in [5.74, 6) is 1.39. The second-order valence-electron chi connectivity index (χ2n) is 3.98. The molecular formula is C12H15NO4S. The van der Waals surface area contributed by atoms with E-state index in [1.807, 2.05) is 0 Å². The monoisotopic (exact) mass is 269 g/mol. The van der Waals surface area contributed by atoms with Crippen LogP contribution in [0.5, 0.6) is 11.5 Å². The number of benzene rings is 1. The van der Waals surface area contributed by atoms with Crippen molar-refractivity contribution in [3.05, 3.63) is 29.7 Å². The fourth-order valence-corrected chi connectivity index (χ4v) is 3.03. The number of nitrogens with one attached hydrogen (secondary N) is 1. The van der Waals surface area contributed by atoms with Crippen LogP contribution in [0, 0.1) is 0 Å². The van der Waals surface area contributed by atoms with Gasteiger partial charge in [-0.05, 0) is 12.1 Å². The second kappa shape index (κ2) is 4.89. The third-order valence-electron chi connectivity index (χ3n) is 2.68. The molecule has 1 heterocycles. The van der Waals surface area contributed by atoms with E-state index in [-0.39, 0.29) is 11.8 Å². The first-order chi connectivity index (χ1) is 8.54. The largest absolute Gasteiger partial charge is 0.497 e. The maximum absolute atomic E-state index is 11.3. The lowest BCUT2D eigenvalue weighted by Crippen LogP contribution is -2.21. The second-order valence-corrected chi connectivity index (χ2v) is 5.91. The highest BCUT2D eigenvalue weighted by atomic mass is 32.2. The minimum absolute atomic E-state index is 0.0629. The Labute approximate surface area is 106 Å². The molecule has 0 amide bonds. The molecule has 6 heteroatoms. The SMILES string of the molecule is COc1ccc(OC)c(N[C@H]2C=CS(=O)(=O)C2)c1. The Bertz CT molecular complexity index is 565. The van der Waals surface area contributed by atoms with E-state index in [4.69, 9.17) is 9.47 Å². The predicted molar refractivity (Wildman–Crippen MR) is 69.9 cm³/mol. The van der Waals surface area contributed by atoms with E-state index in [0.29, 0.717) is 17.2 Å². The number of ether oxygens (including phenoxy) is 2. The van der Waals surface area contributed by atoms with E-state index < -0.39 is 9.84 Å². The van der Waals surface area contributed by atoms with Gasteiger partial charge in [0.2, 0.25) is 0 Å². The molecule has 0 spiro atoms. The normalized spacial score (nSPS) is 20.7. The summed E-state index contributed by atoms with van der Waals surface area (Å²) in [5.41, 5.74) is 0.712. The predicted octanol–water partition coefficient (Wildman–Crippen LogP) is 1.43. The first-order valence-electron chi connectivity index (χ1n) is 5.43. The molecule has 0 aromatic heterocycles. The lowest BCUT2D eigenvalue weighted by Gasteiger charge is -2.15. The molecule has 5 nitrogen and oxygen atoms in total. The van der Waals surface area contributed by atoms with Crippen LogP contribution >= 0.6 is 0 Å². The van der Waals surface area contributed by atoms with Crippen molar-refractivity contribution < 1.29 is 17.9 Å². The van der Waals surface area contributed by atoms with Gasteiger partial charge in [-0.2, -0.15) is 0 Å². The van der Waals surface area contributed by atoms with Gasteiger partial charge in [-0.1, -0.05) is 6.08 Å². The summed E-state index contributed by atoms with van der Waals surface area (Å²) in [6.45, 7) is 0. The van der Waals surface area contributed by atoms with Gasteiger partial charge in [0.15, 0.2) is 9.84 Å². The summed E-state index contributed by atoms with van der Waals surface area (Å²) in [4.78, 5) is 0. The van der Waals surface area contributed by atoms with Gasteiger partial charge < -0.3 is 14.8 Å². The highest BCUT2D eigenvalue weighted by Gasteiger charge is 2.22. The quantitative estimate of drug-likeness (QED) is 0.895. The molecule has 2 rings (SSSR count). The topological polar surface area (TPSA) is 64.6 Å². The van der Waals surface area contributed by atoms with Gasteiger partial charge in [0.25, 0.3) is 0 Å². The van der Waals surface area contributed by atoms with Crippen LogP contribution < -0.4 is 14.8 Å². The fraction of sp³-hybridized carbons (Fsp3) is 0.333. The molecule has 1 aromatic rings. The Morgan fingerprint density at radius 3 is 2.61 bits per heavy atom. The molecule has 98 valence electrons. The van der Waals surface area contributed by atoms with E-state index in [1.165, 1.54) is 5.41 Å². The van der Waals surface area contributed by atoms with Gasteiger partial charge in [0, 0.05) is 11.5 Å². The summed E-state index contributed by atoms with van der Waals surface area (Å²) in [6.07, 6.45) is 1.63. The van der Waals surface area contributed by atoms with Gasteiger partial charge in [0.05, 0.1) is 31.7 Å². The van der Waals surface area contributed by atoms with E-state index >= 15 is 0 Å². The molecule has 0 unspecified atom stereocenters. The van der Waals surface area contributed by atoms with Crippen molar-refractivity contribution >= 4 is 15.5 Å². The number of methoxy groups -OCH3 is 2. The van der Waals surface area contributed by atoms with E-state index in [1.54, 1.807) is 38.5 Å². The third-order valence-corrected chi connectivity index (χ3v) is 4.07. The van der Waals surface area contributed by atoms with E-state index in [9.17, 15) is 8.42 Å². The summed E-state index contributed by atoms with van der Waals surface area (Å²) in [7, 11) is 0.0727. The minimum Gasteiger partial charge on any atom is -0.497 e. The molecule has 0 fully saturated rings. The van der Waals surface area contributed by atoms with E-state index in [2.05, 4.69) is 5.32 Å². The Morgan fingerprint density at radius 1 is 1.28 bits per heavy atom. The van der Waals surface area contributed by atoms with Gasteiger partial charge in [0.1, 0.15) is 11.5 Å². The molecule has 1 atom stereocenters. The van der Waals surface area contributed by atoms with Crippen LogP contribution in [0.25, 0.3) is 0 Å². The Hall–Kier alpha value is -1.69. The van der Waals surface area contributed by atoms with Crippen molar-refractivity contribution in [2.24, 2.45) is 0 Å². The highest BCUT2D eigenvalue weighted by molar-refractivity contribution is 7.94. The molecule has 1 aromatic carbocycles. The van der Waals surface area contributed by atoms with Gasteiger partial charge in [-0.15, -0.1) is 0 Å². The zero-order valence-corrected chi connectivity index (χ0v) is 11.0. The highest BCUT2D eigenvalue weighted by Crippen LogP contribution is 2.30. The lowest BCUT2D eigenvalue weighted by atomic mass is 10.2. The van der Waals surface area contributed by atoms with Gasteiger partial charge in [-0.25, -0.2) is 8.42 Å². The van der Waals surface area contributed by atoms with Crippen molar-refractivity contribution in [2.75, 3.05) is 25.3 Å². The average Bonchev–Trinajstić information content (AvgIpc) is 2.68. The van der Waals surface area contributed by atoms with Crippen molar-refractivity contribution in [1.29, 1.82) is 0 Å². The summed E-state index contributed by atoms with van der Waals surface area (Å²) in [5, 5.41) is 4.35. The minimum atomic E-state index is -3.07. The van der Waals surface area contributed by atoms with Crippen LogP contribution in [-0.2, 0) is 9.84 Å². The van der Waals surface area contributed by atoms with Gasteiger partial charge >= 0.3 is 0 Å². The molecule has 1 aliphatic heterocycles. The number of hydrogen-bond donors (Lipinski definition) is 1. The summed E-state index contributed by atoms with van der Waals surface area (Å²) >= 11 is 0. The number of anilines is 1. The zero-order chi connectivity index (χ0) is 13.2. The molecule has 0 saturated heterocycles. The van der Waals surface area contributed by atoms with Gasteiger partial charge in [-0.3, -0.25) is 0 Å². The van der Waals surface area contributed by atoms with Crippen molar-refractivity contribution in [1.82, 2.24) is 0 Å². The Balaban J connectivity index is 2.20. The molecule has 18 heavy (non-hydrogen) atoms. The first kappa shape index (κ1) is 12.8. The van der Waals surface area contributed by atoms with Crippen LogP contribution in [0.3, 0.4) is 0 Å². The van der Waals surface area contributed by atoms with Crippen LogP contribution in [-0.4, -0.2) is 34.4 Å². The third kappa shape index (κ3) is 2.76. The zero-order valence-electron chi connectivity index (χ0n) is 10.2. The van der Waals surface area contributed by atoms with Crippen molar-refractivity contribution in [2.45, 2.75) is 6.04 Å². The smallest absolute Gasteiger partial charge is 0.173 e. The number of rotatable bonds is 4. The fourth-order valence-electron chi connectivity index (χ4n) is 1.79. The molecule has 0 bridgehead atoms. The molecule has 1 aliphatic rings. The Morgan fingerprint density at radius 2 is 2.06 bits per heavy atom. The molecule has 0 aliphatic carbocycles. The van der Waals surface area contributed by atoms with Crippen molar-refractivity contribution in [3.8, 4) is 11.5 Å². The van der Waals surface area contributed by atoms with Crippen molar-refractivity contribution in [3.63, 3.8) is 0 Å². The summed E-state index contributed by atoms with van der Waals surface area (Å²) in [6, 6.07) is 5.09. The lowest BCUT2D eigenvalue weighted by molar-refractivity contribution is 0.404. The number of sulfone groups is 1. The average molecular weight is 269 g/mol. The maximum atomic E-state index is 11.3. The number of hydrogen-bond acceptors (Lipinski definition) is 5. The van der Waals surface area contributed by atoms with Crippen LogP contribution in [0.4, 0.5) is 5.69 Å². The van der Waals surface area contributed by atoms with Crippen LogP contribution in [0.15, 0.2) is 29.7 Å². The summed E-state index contributed by atoms with van der Waals surface area (Å²) < 4.78 is 33.0. The molecule has 1 N–H and O–H groups in total. The molecule has 0 radical (unpaired) electrons. The Kier molecular flexibility index (Phi) is 3.47. The van der Waals surface area contributed by atoms with Crippen LogP contribution in [0.2, 0.25) is 0 Å². The first-order valence-corrected chi connectivity index (χ1v) is 7.15. The molecular weight excluding hydrogens is 254 g/mol. The molecule has 0 saturated carbocycles. The van der Waals surface area contributed by atoms with Crippen LogP contribution in [0.1, 0.15) is 0 Å². The standard InChI is InChI=1S/C12H15NO4S/c1-16-10-3-4-12(17-2)11(7-10)13-9-5-6-18(14,15)8-9/h3-7,9,13H,8H2,1-2H3/t9-/m0/s1.